The molecule has 0 bridgehead atoms. The van der Waals surface area contributed by atoms with Gasteiger partial charge in [-0.2, -0.15) is 0 Å². The van der Waals surface area contributed by atoms with Gasteiger partial charge in [0, 0.05) is 58.8 Å². The number of carbonyl (C=O) groups is 2. The molecule has 29 heavy (non-hydrogen) atoms. The van der Waals surface area contributed by atoms with Crippen molar-refractivity contribution in [1.82, 2.24) is 20.4 Å². The van der Waals surface area contributed by atoms with Crippen molar-refractivity contribution in [2.24, 2.45) is 4.99 Å². The summed E-state index contributed by atoms with van der Waals surface area (Å²) in [4.78, 5) is 32.3. The number of carbonyl (C=O) groups excluding carboxylic acids is 2. The number of guanidine groups is 1. The van der Waals surface area contributed by atoms with E-state index >= 15 is 0 Å². The third-order valence-electron chi connectivity index (χ3n) is 5.26. The van der Waals surface area contributed by atoms with Gasteiger partial charge in [0.2, 0.25) is 5.91 Å². The van der Waals surface area contributed by atoms with E-state index in [0.29, 0.717) is 37.1 Å². The van der Waals surface area contributed by atoms with Crippen molar-refractivity contribution in [3.63, 3.8) is 0 Å². The first-order valence-corrected chi connectivity index (χ1v) is 10.5. The van der Waals surface area contributed by atoms with Gasteiger partial charge in [-0.05, 0) is 50.3 Å². The van der Waals surface area contributed by atoms with Crippen LogP contribution in [0.5, 0.6) is 0 Å². The van der Waals surface area contributed by atoms with E-state index in [4.69, 9.17) is 0 Å². The fourth-order valence-corrected chi connectivity index (χ4v) is 3.56. The first-order valence-electron chi connectivity index (χ1n) is 10.5. The summed E-state index contributed by atoms with van der Waals surface area (Å²) >= 11 is 0. The molecule has 1 heterocycles. The minimum absolute atomic E-state index is 0.00461. The lowest BCUT2D eigenvalue weighted by atomic mass is 10.0. The van der Waals surface area contributed by atoms with E-state index in [0.717, 1.165) is 31.4 Å². The van der Waals surface area contributed by atoms with Crippen molar-refractivity contribution < 1.29 is 9.59 Å². The van der Waals surface area contributed by atoms with Gasteiger partial charge in [0.05, 0.1) is 0 Å². The van der Waals surface area contributed by atoms with E-state index in [-0.39, 0.29) is 11.8 Å². The molecule has 1 atom stereocenters. The highest BCUT2D eigenvalue weighted by Crippen LogP contribution is 2.17. The number of amides is 2. The molecule has 1 saturated heterocycles. The average molecular weight is 402 g/mol. The minimum Gasteiger partial charge on any atom is -0.356 e. The normalized spacial score (nSPS) is 17.0. The summed E-state index contributed by atoms with van der Waals surface area (Å²) in [5.41, 5.74) is 1.79. The summed E-state index contributed by atoms with van der Waals surface area (Å²) in [5.74, 6) is 0.900. The minimum atomic E-state index is 0.00461. The number of hydrogen-bond acceptors (Lipinski definition) is 3. The summed E-state index contributed by atoms with van der Waals surface area (Å²) in [5, 5.41) is 6.49. The number of hydrogen-bond donors (Lipinski definition) is 2. The van der Waals surface area contributed by atoms with Crippen LogP contribution in [-0.2, 0) is 11.2 Å². The van der Waals surface area contributed by atoms with E-state index in [1.165, 1.54) is 6.42 Å². The molecule has 1 aliphatic rings. The molecular weight excluding hydrogens is 366 g/mol. The van der Waals surface area contributed by atoms with Gasteiger partial charge in [0.1, 0.15) is 0 Å². The zero-order chi connectivity index (χ0) is 21.2. The predicted octanol–water partition coefficient (Wildman–Crippen LogP) is 1.89. The van der Waals surface area contributed by atoms with Gasteiger partial charge in [0.15, 0.2) is 5.96 Å². The standard InChI is InChI=1S/C22H35N5O2/c1-17-8-5-6-15-27(17)20(28)12-14-25-22(23-2)24-13-11-18-9-7-10-19(16-18)21(29)26(3)4/h7,9-10,16-17H,5-6,8,11-15H2,1-4H3,(H2,23,24,25). The molecular formula is C22H35N5O2. The number of piperidine rings is 1. The highest BCUT2D eigenvalue weighted by Gasteiger charge is 2.22. The van der Waals surface area contributed by atoms with Crippen LogP contribution in [0.3, 0.4) is 0 Å². The highest BCUT2D eigenvalue weighted by molar-refractivity contribution is 5.94. The Balaban J connectivity index is 1.73. The fraction of sp³-hybridized carbons (Fsp3) is 0.591. The van der Waals surface area contributed by atoms with Crippen LogP contribution in [0, 0.1) is 0 Å². The van der Waals surface area contributed by atoms with Crippen molar-refractivity contribution >= 4 is 17.8 Å². The Bertz CT molecular complexity index is 717. The van der Waals surface area contributed by atoms with Crippen molar-refractivity contribution in [3.8, 4) is 0 Å². The van der Waals surface area contributed by atoms with E-state index in [1.54, 1.807) is 26.0 Å². The number of benzene rings is 1. The van der Waals surface area contributed by atoms with Crippen molar-refractivity contribution in [3.05, 3.63) is 35.4 Å². The molecule has 1 fully saturated rings. The van der Waals surface area contributed by atoms with Gasteiger partial charge in [-0.1, -0.05) is 12.1 Å². The molecule has 0 saturated carbocycles. The lowest BCUT2D eigenvalue weighted by Gasteiger charge is -2.33. The smallest absolute Gasteiger partial charge is 0.253 e. The third kappa shape index (κ3) is 7.07. The maximum Gasteiger partial charge on any atom is 0.253 e. The molecule has 0 aromatic heterocycles. The molecule has 1 aliphatic heterocycles. The molecule has 2 amide bonds. The summed E-state index contributed by atoms with van der Waals surface area (Å²) in [6.45, 7) is 4.26. The predicted molar refractivity (Wildman–Crippen MR) is 117 cm³/mol. The molecule has 2 N–H and O–H groups in total. The van der Waals surface area contributed by atoms with Crippen LogP contribution in [-0.4, -0.2) is 74.4 Å². The topological polar surface area (TPSA) is 77.0 Å². The first-order chi connectivity index (χ1) is 13.9. The van der Waals surface area contributed by atoms with Crippen LogP contribution in [0.4, 0.5) is 0 Å². The number of likely N-dealkylation sites (tertiary alicyclic amines) is 1. The highest BCUT2D eigenvalue weighted by atomic mass is 16.2. The van der Waals surface area contributed by atoms with Gasteiger partial charge < -0.3 is 20.4 Å². The second-order valence-corrected chi connectivity index (χ2v) is 7.76. The van der Waals surface area contributed by atoms with Gasteiger partial charge in [-0.15, -0.1) is 0 Å². The zero-order valence-electron chi connectivity index (χ0n) is 18.2. The quantitative estimate of drug-likeness (QED) is 0.540. The zero-order valence-corrected chi connectivity index (χ0v) is 18.2. The van der Waals surface area contributed by atoms with Crippen molar-refractivity contribution in [2.45, 2.75) is 45.1 Å². The van der Waals surface area contributed by atoms with Gasteiger partial charge in [0.25, 0.3) is 5.91 Å². The summed E-state index contributed by atoms with van der Waals surface area (Å²) in [7, 11) is 5.23. The van der Waals surface area contributed by atoms with Crippen molar-refractivity contribution in [1.29, 1.82) is 0 Å². The second-order valence-electron chi connectivity index (χ2n) is 7.76. The number of rotatable bonds is 7. The molecule has 0 spiro atoms. The molecule has 1 aromatic carbocycles. The lowest BCUT2D eigenvalue weighted by Crippen LogP contribution is -2.44. The van der Waals surface area contributed by atoms with Crippen LogP contribution in [0.1, 0.15) is 48.5 Å². The Morgan fingerprint density at radius 3 is 2.66 bits per heavy atom. The molecule has 160 valence electrons. The SMILES string of the molecule is CN=C(NCCC(=O)N1CCCCC1C)NCCc1cccc(C(=O)N(C)C)c1. The Morgan fingerprint density at radius 1 is 1.21 bits per heavy atom. The monoisotopic (exact) mass is 401 g/mol. The summed E-state index contributed by atoms with van der Waals surface area (Å²) in [6.07, 6.45) is 4.67. The Hall–Kier alpha value is -2.57. The van der Waals surface area contributed by atoms with Gasteiger partial charge in [-0.25, -0.2) is 0 Å². The molecule has 1 unspecified atom stereocenters. The molecule has 2 rings (SSSR count). The Morgan fingerprint density at radius 2 is 1.97 bits per heavy atom. The second kappa shape index (κ2) is 11.4. The molecule has 0 aliphatic carbocycles. The maximum absolute atomic E-state index is 12.4. The van der Waals surface area contributed by atoms with Crippen LogP contribution in [0.15, 0.2) is 29.3 Å². The average Bonchev–Trinajstić information content (AvgIpc) is 2.72. The van der Waals surface area contributed by atoms with Gasteiger partial charge in [-0.3, -0.25) is 14.6 Å². The van der Waals surface area contributed by atoms with Crippen molar-refractivity contribution in [2.75, 3.05) is 40.8 Å². The lowest BCUT2D eigenvalue weighted by molar-refractivity contribution is -0.134. The Labute approximate surface area is 174 Å². The van der Waals surface area contributed by atoms with E-state index in [9.17, 15) is 9.59 Å². The molecule has 7 heteroatoms. The summed E-state index contributed by atoms with van der Waals surface area (Å²) in [6, 6.07) is 8.04. The Kier molecular flexibility index (Phi) is 8.96. The van der Waals surface area contributed by atoms with Crippen LogP contribution < -0.4 is 10.6 Å². The summed E-state index contributed by atoms with van der Waals surface area (Å²) < 4.78 is 0. The van der Waals surface area contributed by atoms with E-state index < -0.39 is 0 Å². The van der Waals surface area contributed by atoms with E-state index in [1.807, 2.05) is 29.2 Å². The van der Waals surface area contributed by atoms with Gasteiger partial charge >= 0.3 is 0 Å². The first kappa shape index (κ1) is 22.7. The number of nitrogens with zero attached hydrogens (tertiary/aromatic N) is 3. The largest absolute Gasteiger partial charge is 0.356 e. The third-order valence-corrected chi connectivity index (χ3v) is 5.26. The number of nitrogens with one attached hydrogen (secondary N) is 2. The van der Waals surface area contributed by atoms with Crippen LogP contribution in [0.25, 0.3) is 0 Å². The molecule has 0 radical (unpaired) electrons. The molecule has 1 aromatic rings. The molecule has 7 nitrogen and oxygen atoms in total. The number of aliphatic imine (C=N–C) groups is 1. The maximum atomic E-state index is 12.4. The van der Waals surface area contributed by atoms with Crippen LogP contribution >= 0.6 is 0 Å². The van der Waals surface area contributed by atoms with Crippen LogP contribution in [0.2, 0.25) is 0 Å². The fourth-order valence-electron chi connectivity index (χ4n) is 3.56. The van der Waals surface area contributed by atoms with E-state index in [2.05, 4.69) is 22.5 Å².